The van der Waals surface area contributed by atoms with Gasteiger partial charge in [-0.15, -0.1) is 11.3 Å². The molecule has 1 aromatic carbocycles. The Morgan fingerprint density at radius 1 is 1.37 bits per heavy atom. The SMILES string of the molecule is [C-]#[N+]c1c(N2CCOCC2)sc(C(=O)NCCF)c1-c1ccc(Cl)cc1Cl. The summed E-state index contributed by atoms with van der Waals surface area (Å²) in [7, 11) is 0. The fourth-order valence-electron chi connectivity index (χ4n) is 2.84. The van der Waals surface area contributed by atoms with Crippen molar-refractivity contribution in [1.82, 2.24) is 5.32 Å². The maximum Gasteiger partial charge on any atom is 0.260 e. The molecule has 27 heavy (non-hydrogen) atoms. The molecule has 1 aliphatic heterocycles. The molecule has 0 aliphatic carbocycles. The molecule has 0 radical (unpaired) electrons. The van der Waals surface area contributed by atoms with Gasteiger partial charge in [0.25, 0.3) is 5.91 Å². The minimum absolute atomic E-state index is 0.0925. The first-order valence-electron chi connectivity index (χ1n) is 8.23. The van der Waals surface area contributed by atoms with E-state index < -0.39 is 12.6 Å². The highest BCUT2D eigenvalue weighted by Crippen LogP contribution is 2.50. The van der Waals surface area contributed by atoms with Gasteiger partial charge < -0.3 is 15.0 Å². The van der Waals surface area contributed by atoms with Crippen LogP contribution in [-0.4, -0.2) is 45.4 Å². The van der Waals surface area contributed by atoms with Crippen LogP contribution in [0.4, 0.5) is 15.1 Å². The molecule has 1 N–H and O–H groups in total. The number of halogens is 3. The standard InChI is InChI=1S/C18H16Cl2FN3O2S/c1-22-15-14(12-3-2-11(19)10-13(12)20)16(17(25)23-5-4-21)27-18(15)24-6-8-26-9-7-24/h2-3,10H,4-9H2,(H,23,25). The number of ether oxygens (including phenoxy) is 1. The van der Waals surface area contributed by atoms with Crippen molar-refractivity contribution >= 4 is 51.1 Å². The summed E-state index contributed by atoms with van der Waals surface area (Å²) in [5.41, 5.74) is 1.36. The predicted octanol–water partition coefficient (Wildman–Crippen LogP) is 4.81. The Labute approximate surface area is 170 Å². The van der Waals surface area contributed by atoms with E-state index >= 15 is 0 Å². The summed E-state index contributed by atoms with van der Waals surface area (Å²) in [4.78, 5) is 18.7. The Bertz CT molecular complexity index is 891. The number of morpholine rings is 1. The van der Waals surface area contributed by atoms with E-state index in [-0.39, 0.29) is 6.54 Å². The van der Waals surface area contributed by atoms with Crippen molar-refractivity contribution in [2.45, 2.75) is 0 Å². The molecule has 0 unspecified atom stereocenters. The number of carbonyl (C=O) groups excluding carboxylic acids is 1. The first kappa shape index (κ1) is 19.9. The van der Waals surface area contributed by atoms with E-state index in [1.165, 1.54) is 11.3 Å². The van der Waals surface area contributed by atoms with Crippen LogP contribution in [0.1, 0.15) is 9.67 Å². The molecule has 0 spiro atoms. The molecule has 1 aliphatic rings. The summed E-state index contributed by atoms with van der Waals surface area (Å²) in [6, 6.07) is 4.92. The molecule has 1 fully saturated rings. The van der Waals surface area contributed by atoms with Crippen LogP contribution in [0.25, 0.3) is 16.0 Å². The second-order valence-corrected chi connectivity index (χ2v) is 7.58. The lowest BCUT2D eigenvalue weighted by Gasteiger charge is -2.28. The number of amides is 1. The fraction of sp³-hybridized carbons (Fsp3) is 0.333. The molecule has 3 rings (SSSR count). The van der Waals surface area contributed by atoms with Gasteiger partial charge in [0.15, 0.2) is 0 Å². The van der Waals surface area contributed by atoms with Gasteiger partial charge in [-0.25, -0.2) is 9.24 Å². The van der Waals surface area contributed by atoms with Crippen LogP contribution in [0, 0.1) is 6.57 Å². The van der Waals surface area contributed by atoms with Crippen LogP contribution in [0.2, 0.25) is 10.0 Å². The summed E-state index contributed by atoms with van der Waals surface area (Å²) in [5, 5.41) is 4.04. The number of alkyl halides is 1. The second-order valence-electron chi connectivity index (χ2n) is 5.74. The van der Waals surface area contributed by atoms with Gasteiger partial charge in [0.2, 0.25) is 5.69 Å². The van der Waals surface area contributed by atoms with Gasteiger partial charge in [0.1, 0.15) is 6.67 Å². The summed E-state index contributed by atoms with van der Waals surface area (Å²) in [5.74, 6) is -0.428. The Kier molecular flexibility index (Phi) is 6.55. The summed E-state index contributed by atoms with van der Waals surface area (Å²) in [6.45, 7) is 9.31. The number of nitrogens with one attached hydrogen (secondary N) is 1. The van der Waals surface area contributed by atoms with E-state index in [1.807, 2.05) is 4.90 Å². The van der Waals surface area contributed by atoms with Crippen LogP contribution in [0.5, 0.6) is 0 Å². The highest BCUT2D eigenvalue weighted by Gasteiger charge is 2.28. The van der Waals surface area contributed by atoms with E-state index in [9.17, 15) is 9.18 Å². The van der Waals surface area contributed by atoms with E-state index in [2.05, 4.69) is 10.2 Å². The highest BCUT2D eigenvalue weighted by molar-refractivity contribution is 7.19. The fourth-order valence-corrected chi connectivity index (χ4v) is 4.56. The van der Waals surface area contributed by atoms with Gasteiger partial charge in [0, 0.05) is 35.2 Å². The van der Waals surface area contributed by atoms with Gasteiger partial charge in [0.05, 0.1) is 29.7 Å². The number of benzene rings is 1. The molecular weight excluding hydrogens is 412 g/mol. The third-order valence-corrected chi connectivity index (χ3v) is 5.85. The lowest BCUT2D eigenvalue weighted by Crippen LogP contribution is -2.35. The normalized spacial score (nSPS) is 14.1. The van der Waals surface area contributed by atoms with Crippen LogP contribution in [0.15, 0.2) is 18.2 Å². The van der Waals surface area contributed by atoms with Crippen molar-refractivity contribution in [2.24, 2.45) is 0 Å². The van der Waals surface area contributed by atoms with Crippen LogP contribution < -0.4 is 10.2 Å². The Morgan fingerprint density at radius 3 is 2.74 bits per heavy atom. The van der Waals surface area contributed by atoms with Gasteiger partial charge in [-0.05, 0) is 17.7 Å². The smallest absolute Gasteiger partial charge is 0.260 e. The maximum atomic E-state index is 12.7. The molecule has 1 aromatic heterocycles. The van der Waals surface area contributed by atoms with E-state index in [1.54, 1.807) is 18.2 Å². The number of anilines is 1. The van der Waals surface area contributed by atoms with E-state index in [0.29, 0.717) is 63.0 Å². The number of carbonyl (C=O) groups is 1. The number of thiophene rings is 1. The first-order valence-corrected chi connectivity index (χ1v) is 9.80. The summed E-state index contributed by atoms with van der Waals surface area (Å²) in [6.07, 6.45) is 0. The quantitative estimate of drug-likeness (QED) is 0.696. The van der Waals surface area contributed by atoms with E-state index in [0.717, 1.165) is 0 Å². The van der Waals surface area contributed by atoms with E-state index in [4.69, 9.17) is 34.5 Å². The van der Waals surface area contributed by atoms with Crippen LogP contribution >= 0.6 is 34.5 Å². The molecule has 0 saturated carbocycles. The monoisotopic (exact) mass is 427 g/mol. The van der Waals surface area contributed by atoms with Crippen molar-refractivity contribution in [3.8, 4) is 11.1 Å². The molecule has 142 valence electrons. The van der Waals surface area contributed by atoms with Crippen molar-refractivity contribution in [3.63, 3.8) is 0 Å². The Hall–Kier alpha value is -1.85. The zero-order valence-electron chi connectivity index (χ0n) is 14.2. The molecule has 2 heterocycles. The van der Waals surface area contributed by atoms with Gasteiger partial charge in [-0.2, -0.15) is 0 Å². The number of hydrogen-bond donors (Lipinski definition) is 1. The Morgan fingerprint density at radius 2 is 2.11 bits per heavy atom. The average molecular weight is 428 g/mol. The zero-order chi connectivity index (χ0) is 19.4. The molecule has 1 saturated heterocycles. The molecule has 2 aromatic rings. The predicted molar refractivity (Wildman–Crippen MR) is 107 cm³/mol. The lowest BCUT2D eigenvalue weighted by molar-refractivity contribution is 0.0955. The topological polar surface area (TPSA) is 45.9 Å². The highest BCUT2D eigenvalue weighted by atomic mass is 35.5. The molecule has 0 atom stereocenters. The van der Waals surface area contributed by atoms with Gasteiger partial charge >= 0.3 is 0 Å². The van der Waals surface area contributed by atoms with Crippen molar-refractivity contribution < 1.29 is 13.9 Å². The second kappa shape index (κ2) is 8.89. The van der Waals surface area contributed by atoms with Crippen LogP contribution in [-0.2, 0) is 4.74 Å². The number of hydrogen-bond acceptors (Lipinski definition) is 4. The number of nitrogens with zero attached hydrogens (tertiary/aromatic N) is 2. The van der Waals surface area contributed by atoms with Crippen LogP contribution in [0.3, 0.4) is 0 Å². The van der Waals surface area contributed by atoms with Gasteiger partial charge in [-0.3, -0.25) is 4.79 Å². The van der Waals surface area contributed by atoms with Crippen molar-refractivity contribution in [1.29, 1.82) is 0 Å². The van der Waals surface area contributed by atoms with Crippen molar-refractivity contribution in [3.05, 3.63) is 44.5 Å². The third-order valence-electron chi connectivity index (χ3n) is 4.06. The zero-order valence-corrected chi connectivity index (χ0v) is 16.6. The molecule has 5 nitrogen and oxygen atoms in total. The first-order chi connectivity index (χ1) is 13.1. The van der Waals surface area contributed by atoms with Gasteiger partial charge in [-0.1, -0.05) is 29.3 Å². The molecular formula is C18H16Cl2FN3O2S. The van der Waals surface area contributed by atoms with Crippen molar-refractivity contribution in [2.75, 3.05) is 44.4 Å². The minimum atomic E-state index is -0.667. The molecule has 0 bridgehead atoms. The lowest BCUT2D eigenvalue weighted by atomic mass is 10.0. The average Bonchev–Trinajstić information content (AvgIpc) is 3.06. The molecule has 9 heteroatoms. The Balaban J connectivity index is 2.17. The maximum absolute atomic E-state index is 12.7. The largest absolute Gasteiger partial charge is 0.378 e. The minimum Gasteiger partial charge on any atom is -0.378 e. The molecule has 1 amide bonds. The summed E-state index contributed by atoms with van der Waals surface area (Å²) >= 11 is 13.6. The summed E-state index contributed by atoms with van der Waals surface area (Å²) < 4.78 is 17.9. The number of rotatable bonds is 5. The third kappa shape index (κ3) is 4.19.